The molecule has 0 aromatic carbocycles. The molecule has 0 saturated carbocycles. The molecule has 1 aliphatic heterocycles. The monoisotopic (exact) mass is 292 g/mol. The van der Waals surface area contributed by atoms with Crippen LogP contribution in [0.1, 0.15) is 33.1 Å². The molecule has 5 heteroatoms. The van der Waals surface area contributed by atoms with Crippen LogP contribution in [0, 0.1) is 11.3 Å². The summed E-state index contributed by atoms with van der Waals surface area (Å²) in [5.74, 6) is 0.287. The maximum Gasteiger partial charge on any atom is 0.314 e. The molecule has 2 heterocycles. The Morgan fingerprint density at radius 3 is 2.86 bits per heavy atom. The Labute approximate surface area is 125 Å². The van der Waals surface area contributed by atoms with E-state index in [1.54, 1.807) is 6.20 Å². The number of carboxylic acids is 1. The van der Waals surface area contributed by atoms with Crippen LogP contribution in [0.3, 0.4) is 0 Å². The van der Waals surface area contributed by atoms with Gasteiger partial charge >= 0.3 is 5.97 Å². The third-order valence-corrected chi connectivity index (χ3v) is 4.35. The van der Waals surface area contributed by atoms with Gasteiger partial charge in [0.2, 0.25) is 0 Å². The number of hydrogen-bond donors (Lipinski definition) is 2. The number of nitrogens with zero attached hydrogens (tertiary/aromatic N) is 2. The zero-order chi connectivity index (χ0) is 15.5. The zero-order valence-corrected chi connectivity index (χ0v) is 12.7. The second-order valence-corrected chi connectivity index (χ2v) is 6.31. The first-order valence-electron chi connectivity index (χ1n) is 7.53. The van der Waals surface area contributed by atoms with Gasteiger partial charge in [0, 0.05) is 19.3 Å². The van der Waals surface area contributed by atoms with Gasteiger partial charge in [-0.15, -0.1) is 0 Å². The van der Waals surface area contributed by atoms with Crippen LogP contribution in [0.4, 0.5) is 5.82 Å². The van der Waals surface area contributed by atoms with Crippen molar-refractivity contribution < 1.29 is 15.0 Å². The van der Waals surface area contributed by atoms with Crippen molar-refractivity contribution in [3.05, 3.63) is 24.4 Å². The number of hydrogen-bond acceptors (Lipinski definition) is 4. The fourth-order valence-electron chi connectivity index (χ4n) is 2.92. The van der Waals surface area contributed by atoms with Crippen LogP contribution in [0.2, 0.25) is 0 Å². The van der Waals surface area contributed by atoms with Gasteiger partial charge in [-0.25, -0.2) is 4.98 Å². The molecular formula is C16H24N2O3. The van der Waals surface area contributed by atoms with E-state index in [4.69, 9.17) is 0 Å². The molecule has 0 bridgehead atoms. The van der Waals surface area contributed by atoms with Crippen molar-refractivity contribution in [1.82, 2.24) is 4.98 Å². The molecule has 0 radical (unpaired) electrons. The first-order valence-corrected chi connectivity index (χ1v) is 7.53. The van der Waals surface area contributed by atoms with Gasteiger partial charge in [-0.1, -0.05) is 19.9 Å². The molecule has 2 atom stereocenters. The standard InChI is InChI=1S/C16H24N2O3/c1-12(2)6-8-16(15(20)21)11-18(10-7-13(16)19)14-5-3-4-9-17-14/h3-5,9,12-13,19H,6-8,10-11H2,1-2H3,(H,20,21)/t13-,16-/m1/s1. The summed E-state index contributed by atoms with van der Waals surface area (Å²) < 4.78 is 0. The number of anilines is 1. The number of rotatable bonds is 5. The van der Waals surface area contributed by atoms with E-state index in [0.717, 1.165) is 12.2 Å². The smallest absolute Gasteiger partial charge is 0.314 e. The Hall–Kier alpha value is -1.62. The van der Waals surface area contributed by atoms with E-state index in [2.05, 4.69) is 18.8 Å². The molecule has 5 nitrogen and oxygen atoms in total. The average Bonchev–Trinajstić information content (AvgIpc) is 2.47. The molecule has 0 unspecified atom stereocenters. The highest BCUT2D eigenvalue weighted by molar-refractivity contribution is 5.77. The third kappa shape index (κ3) is 3.35. The van der Waals surface area contributed by atoms with E-state index in [9.17, 15) is 15.0 Å². The predicted molar refractivity (Wildman–Crippen MR) is 81.2 cm³/mol. The maximum atomic E-state index is 11.9. The van der Waals surface area contributed by atoms with E-state index in [0.29, 0.717) is 31.8 Å². The Bertz CT molecular complexity index is 478. The lowest BCUT2D eigenvalue weighted by Gasteiger charge is -2.44. The van der Waals surface area contributed by atoms with Crippen LogP contribution in [-0.2, 0) is 4.79 Å². The lowest BCUT2D eigenvalue weighted by molar-refractivity contribution is -0.158. The number of aliphatic hydroxyl groups excluding tert-OH is 1. The minimum atomic E-state index is -1.10. The molecule has 0 amide bonds. The molecule has 2 N–H and O–H groups in total. The van der Waals surface area contributed by atoms with Gasteiger partial charge in [-0.2, -0.15) is 0 Å². The molecule has 1 aromatic heterocycles. The Morgan fingerprint density at radius 1 is 1.52 bits per heavy atom. The molecule has 1 saturated heterocycles. The summed E-state index contributed by atoms with van der Waals surface area (Å²) in [5, 5.41) is 20.1. The summed E-state index contributed by atoms with van der Waals surface area (Å²) in [6.07, 6.45) is 2.65. The molecular weight excluding hydrogens is 268 g/mol. The fourth-order valence-corrected chi connectivity index (χ4v) is 2.92. The van der Waals surface area contributed by atoms with Crippen molar-refractivity contribution in [2.24, 2.45) is 11.3 Å². The number of aromatic nitrogens is 1. The molecule has 0 aliphatic carbocycles. The quantitative estimate of drug-likeness (QED) is 0.870. The van der Waals surface area contributed by atoms with Crippen LogP contribution in [0.15, 0.2) is 24.4 Å². The Kier molecular flexibility index (Phi) is 4.83. The van der Waals surface area contributed by atoms with Gasteiger partial charge in [-0.05, 0) is 37.3 Å². The van der Waals surface area contributed by atoms with Crippen molar-refractivity contribution in [2.75, 3.05) is 18.0 Å². The van der Waals surface area contributed by atoms with Crippen LogP contribution in [0.5, 0.6) is 0 Å². The molecule has 2 rings (SSSR count). The number of aliphatic hydroxyl groups is 1. The second-order valence-electron chi connectivity index (χ2n) is 6.31. The van der Waals surface area contributed by atoms with Gasteiger partial charge in [0.25, 0.3) is 0 Å². The molecule has 21 heavy (non-hydrogen) atoms. The van der Waals surface area contributed by atoms with Crippen LogP contribution in [0.25, 0.3) is 0 Å². The molecule has 1 fully saturated rings. The highest BCUT2D eigenvalue weighted by atomic mass is 16.4. The van der Waals surface area contributed by atoms with E-state index in [1.807, 2.05) is 23.1 Å². The van der Waals surface area contributed by atoms with Gasteiger partial charge < -0.3 is 15.1 Å². The second kappa shape index (κ2) is 6.43. The van der Waals surface area contributed by atoms with Gasteiger partial charge in [0.1, 0.15) is 11.2 Å². The number of aliphatic carboxylic acids is 1. The first kappa shape index (κ1) is 15.8. The number of carbonyl (C=O) groups is 1. The summed E-state index contributed by atoms with van der Waals surface area (Å²) >= 11 is 0. The van der Waals surface area contributed by atoms with Crippen LogP contribution in [-0.4, -0.2) is 40.4 Å². The van der Waals surface area contributed by atoms with Crippen LogP contribution >= 0.6 is 0 Å². The number of piperidine rings is 1. The van der Waals surface area contributed by atoms with Crippen molar-refractivity contribution in [3.8, 4) is 0 Å². The first-order chi connectivity index (χ1) is 9.95. The SMILES string of the molecule is CC(C)CC[C@@]1(C(=O)O)CN(c2ccccn2)CC[C@H]1O. The van der Waals surface area contributed by atoms with Gasteiger partial charge in [0.05, 0.1) is 6.10 Å². The minimum Gasteiger partial charge on any atom is -0.481 e. The fraction of sp³-hybridized carbons (Fsp3) is 0.625. The van der Waals surface area contributed by atoms with Crippen molar-refractivity contribution in [1.29, 1.82) is 0 Å². The lowest BCUT2D eigenvalue weighted by Crippen LogP contribution is -2.56. The molecule has 1 aromatic rings. The minimum absolute atomic E-state index is 0.313. The molecule has 1 aliphatic rings. The Balaban J connectivity index is 2.23. The summed E-state index contributed by atoms with van der Waals surface area (Å²) in [6.45, 7) is 5.09. The van der Waals surface area contributed by atoms with E-state index in [1.165, 1.54) is 0 Å². The summed E-state index contributed by atoms with van der Waals surface area (Å²) in [4.78, 5) is 18.1. The van der Waals surface area contributed by atoms with E-state index >= 15 is 0 Å². The van der Waals surface area contributed by atoms with Gasteiger partial charge in [-0.3, -0.25) is 4.79 Å². The van der Waals surface area contributed by atoms with E-state index in [-0.39, 0.29) is 0 Å². The summed E-state index contributed by atoms with van der Waals surface area (Å²) in [6, 6.07) is 5.61. The predicted octanol–water partition coefficient (Wildman–Crippen LogP) is 2.16. The van der Waals surface area contributed by atoms with E-state index < -0.39 is 17.5 Å². The van der Waals surface area contributed by atoms with Crippen molar-refractivity contribution in [3.63, 3.8) is 0 Å². The third-order valence-electron chi connectivity index (χ3n) is 4.35. The van der Waals surface area contributed by atoms with Gasteiger partial charge in [0.15, 0.2) is 0 Å². The van der Waals surface area contributed by atoms with Crippen LogP contribution < -0.4 is 4.90 Å². The Morgan fingerprint density at radius 2 is 2.29 bits per heavy atom. The molecule has 0 spiro atoms. The highest BCUT2D eigenvalue weighted by Gasteiger charge is 2.49. The lowest BCUT2D eigenvalue weighted by atomic mass is 9.73. The maximum absolute atomic E-state index is 11.9. The topological polar surface area (TPSA) is 73.7 Å². The normalized spacial score (nSPS) is 26.1. The van der Waals surface area contributed by atoms with Crippen molar-refractivity contribution in [2.45, 2.75) is 39.2 Å². The average molecular weight is 292 g/mol. The molecule has 116 valence electrons. The largest absolute Gasteiger partial charge is 0.481 e. The number of pyridine rings is 1. The zero-order valence-electron chi connectivity index (χ0n) is 12.7. The summed E-state index contributed by atoms with van der Waals surface area (Å²) in [7, 11) is 0. The summed E-state index contributed by atoms with van der Waals surface area (Å²) in [5.41, 5.74) is -1.10. The van der Waals surface area contributed by atoms with Crippen molar-refractivity contribution >= 4 is 11.8 Å². The number of carboxylic acid groups (broad SMARTS) is 1. The highest BCUT2D eigenvalue weighted by Crippen LogP contribution is 2.37.